The molecule has 0 spiro atoms. The predicted octanol–water partition coefficient (Wildman–Crippen LogP) is 22.3. The Hall–Kier alpha value is -12.1. The number of rotatable bonds is 8. The van der Waals surface area contributed by atoms with Crippen molar-refractivity contribution < 1.29 is 10.2 Å². The average Bonchev–Trinajstić information content (AvgIpc) is 0.778. The summed E-state index contributed by atoms with van der Waals surface area (Å²) in [5, 5.41) is 38.0. The van der Waals surface area contributed by atoms with Gasteiger partial charge < -0.3 is 10.2 Å². The Balaban J connectivity index is 0.000000129. The van der Waals surface area contributed by atoms with E-state index in [1.165, 1.54) is 65.0 Å². The van der Waals surface area contributed by atoms with Crippen molar-refractivity contribution in [2.24, 2.45) is 0 Å². The zero-order chi connectivity index (χ0) is 69.9. The highest BCUT2D eigenvalue weighted by atomic mass is 35.5. The first-order valence-electron chi connectivity index (χ1n) is 34.0. The summed E-state index contributed by atoms with van der Waals surface area (Å²) in [6, 6.07) is 113. The maximum atomic E-state index is 9.10. The van der Waals surface area contributed by atoms with E-state index in [1.54, 1.807) is 27.7 Å². The van der Waals surface area contributed by atoms with Crippen LogP contribution in [0.1, 0.15) is 27.7 Å². The van der Waals surface area contributed by atoms with Crippen molar-refractivity contribution in [2.75, 3.05) is 0 Å². The smallest absolute Gasteiger partial charge is 0.164 e. The van der Waals surface area contributed by atoms with E-state index >= 15 is 0 Å². The monoisotopic (exact) mass is 1330 g/mol. The fourth-order valence-electron chi connectivity index (χ4n) is 12.7. The van der Waals surface area contributed by atoms with Gasteiger partial charge in [0.05, 0.1) is 11.2 Å². The lowest BCUT2D eigenvalue weighted by atomic mass is 9.90. The summed E-state index contributed by atoms with van der Waals surface area (Å²) in [7, 11) is 5.77. The van der Waals surface area contributed by atoms with Crippen molar-refractivity contribution in [3.05, 3.63) is 333 Å². The quantitative estimate of drug-likeness (QED) is 0.114. The van der Waals surface area contributed by atoms with Crippen LogP contribution in [0.15, 0.2) is 328 Å². The fourth-order valence-corrected chi connectivity index (χ4v) is 12.9. The van der Waals surface area contributed by atoms with Crippen LogP contribution in [0.25, 0.3) is 166 Å². The summed E-state index contributed by atoms with van der Waals surface area (Å²) in [6.45, 7) is 6.31. The number of aromatic nitrogens is 6. The van der Waals surface area contributed by atoms with Crippen LogP contribution in [0.4, 0.5) is 0 Å². The molecule has 0 unspecified atom stereocenters. The summed E-state index contributed by atoms with van der Waals surface area (Å²) >= 11 is 6.23. The van der Waals surface area contributed by atoms with Crippen molar-refractivity contribution in [1.82, 2.24) is 29.9 Å². The van der Waals surface area contributed by atoms with Gasteiger partial charge in [-0.2, -0.15) is 0 Å². The Bertz CT molecular complexity index is 6150. The highest BCUT2D eigenvalue weighted by Crippen LogP contribution is 2.37. The second-order valence-electron chi connectivity index (χ2n) is 26.5. The van der Waals surface area contributed by atoms with Crippen LogP contribution in [0, 0.1) is 0 Å². The van der Waals surface area contributed by atoms with E-state index in [9.17, 15) is 0 Å². The standard InChI is InChI=1S/C43H27N3.C29H18ClN3.C14H9B.C6H14O2/c1-2-11-30(12-3-1)41-44-42(36-20-17-28-9-4-5-13-31(28)27-36)46-43(45-41)40-16-8-14-34-25-32(22-24-39(34)40)33-21-23-38-35(26-33)19-18-29-10-6-7-15-37(29)38;30-24-15-16-25-22(18-24)11-6-12-26(25)29-32-27(20-8-2-1-3-9-20)31-28(33-29)23-14-13-19-7-4-5-10-21(19)17-23;15-12-7-8-14-11(9-12)6-5-10-3-1-2-4-13(10)14;1-5(2,7)6(3,4)8/h1-27H;1-18H;1-9H;7-8H,1-4H3. The SMILES string of the molecule is CC(C)(O)C(C)(C)O.Clc1ccc2c(-c3nc(-c4ccccc4)nc(-c4ccc5ccccc5c4)n3)cccc2c1.[B]c1ccc2c(ccc3ccccc32)c1.c1ccc(-c2nc(-c3ccc4ccccc4c3)nc(-c3cccc4cc(-c5ccc6c(ccc7ccccc76)c5)ccc34)n2)cc1. The minimum Gasteiger partial charge on any atom is -0.387 e. The summed E-state index contributed by atoms with van der Waals surface area (Å²) < 4.78 is 0. The van der Waals surface area contributed by atoms with Gasteiger partial charge >= 0.3 is 0 Å². The van der Waals surface area contributed by atoms with Crippen molar-refractivity contribution in [3.8, 4) is 79.5 Å². The molecule has 18 aromatic rings. The molecule has 18 rings (SSSR count). The van der Waals surface area contributed by atoms with E-state index in [0.717, 1.165) is 71.2 Å². The second-order valence-corrected chi connectivity index (χ2v) is 26.9. The van der Waals surface area contributed by atoms with Gasteiger partial charge in [0, 0.05) is 38.4 Å². The molecule has 0 amide bonds. The van der Waals surface area contributed by atoms with E-state index in [2.05, 4.69) is 206 Å². The Morgan fingerprint density at radius 2 is 0.539 bits per heavy atom. The third-order valence-electron chi connectivity index (χ3n) is 18.9. The molecule has 102 heavy (non-hydrogen) atoms. The van der Waals surface area contributed by atoms with Crippen molar-refractivity contribution in [2.45, 2.75) is 38.9 Å². The van der Waals surface area contributed by atoms with Gasteiger partial charge in [0.1, 0.15) is 7.85 Å². The third-order valence-corrected chi connectivity index (χ3v) is 19.1. The molecular weight excluding hydrogens is 1270 g/mol. The molecule has 16 aromatic carbocycles. The van der Waals surface area contributed by atoms with Gasteiger partial charge in [-0.25, -0.2) is 29.9 Å². The summed E-state index contributed by atoms with van der Waals surface area (Å²) in [4.78, 5) is 29.7. The molecular formula is C92H68BClN6O2. The molecule has 0 saturated heterocycles. The minimum absolute atomic E-state index is 0.639. The van der Waals surface area contributed by atoms with Crippen LogP contribution < -0.4 is 5.46 Å². The molecule has 8 nitrogen and oxygen atoms in total. The van der Waals surface area contributed by atoms with Crippen LogP contribution in [-0.4, -0.2) is 59.2 Å². The zero-order valence-electron chi connectivity index (χ0n) is 56.7. The molecule has 0 aliphatic heterocycles. The highest BCUT2D eigenvalue weighted by Gasteiger charge is 2.32. The van der Waals surface area contributed by atoms with Crippen LogP contribution in [-0.2, 0) is 0 Å². The number of hydrogen-bond acceptors (Lipinski definition) is 8. The van der Waals surface area contributed by atoms with Gasteiger partial charge in [-0.15, -0.1) is 0 Å². The molecule has 2 heterocycles. The maximum absolute atomic E-state index is 9.10. The fraction of sp³-hybridized carbons (Fsp3) is 0.0652. The number of nitrogens with zero attached hydrogens (tertiary/aromatic N) is 6. The van der Waals surface area contributed by atoms with E-state index in [4.69, 9.17) is 59.6 Å². The number of fused-ring (bicyclic) bond motifs is 10. The summed E-state index contributed by atoms with van der Waals surface area (Å²) in [5.41, 5.74) is 6.94. The summed E-state index contributed by atoms with van der Waals surface area (Å²) in [5.74, 6) is 3.91. The van der Waals surface area contributed by atoms with Crippen LogP contribution in [0.3, 0.4) is 0 Å². The van der Waals surface area contributed by atoms with E-state index < -0.39 is 11.2 Å². The second kappa shape index (κ2) is 28.3. The average molecular weight is 1340 g/mol. The van der Waals surface area contributed by atoms with Gasteiger partial charge in [0.15, 0.2) is 34.9 Å². The molecule has 2 radical (unpaired) electrons. The lowest BCUT2D eigenvalue weighted by molar-refractivity contribution is -0.107. The van der Waals surface area contributed by atoms with Crippen LogP contribution >= 0.6 is 11.6 Å². The lowest BCUT2D eigenvalue weighted by Gasteiger charge is -2.31. The highest BCUT2D eigenvalue weighted by molar-refractivity contribution is 6.33. The molecule has 0 atom stereocenters. The molecule has 2 aromatic heterocycles. The lowest BCUT2D eigenvalue weighted by Crippen LogP contribution is -2.44. The van der Waals surface area contributed by atoms with Gasteiger partial charge in [-0.1, -0.05) is 308 Å². The van der Waals surface area contributed by atoms with Crippen LogP contribution in [0.2, 0.25) is 5.02 Å². The van der Waals surface area contributed by atoms with Crippen molar-refractivity contribution in [1.29, 1.82) is 0 Å². The molecule has 0 aliphatic rings. The first-order chi connectivity index (χ1) is 49.6. The van der Waals surface area contributed by atoms with E-state index in [-0.39, 0.29) is 0 Å². The van der Waals surface area contributed by atoms with E-state index in [1.807, 2.05) is 121 Å². The van der Waals surface area contributed by atoms with Gasteiger partial charge in [0.2, 0.25) is 0 Å². The number of halogens is 1. The molecule has 10 heteroatoms. The number of hydrogen-bond donors (Lipinski definition) is 2. The normalized spacial score (nSPS) is 11.5. The number of aliphatic hydroxyl groups is 2. The first kappa shape index (κ1) is 65.8. The molecule has 0 aliphatic carbocycles. The predicted molar refractivity (Wildman–Crippen MR) is 427 cm³/mol. The van der Waals surface area contributed by atoms with Gasteiger partial charge in [-0.3, -0.25) is 0 Å². The van der Waals surface area contributed by atoms with Gasteiger partial charge in [0.25, 0.3) is 0 Å². The Morgan fingerprint density at radius 3 is 1.01 bits per heavy atom. The first-order valence-corrected chi connectivity index (χ1v) is 34.4. The van der Waals surface area contributed by atoms with Crippen LogP contribution in [0.5, 0.6) is 0 Å². The minimum atomic E-state index is -1.01. The largest absolute Gasteiger partial charge is 0.387 e. The molecule has 488 valence electrons. The van der Waals surface area contributed by atoms with Gasteiger partial charge in [-0.05, 0) is 161 Å². The third kappa shape index (κ3) is 14.1. The molecule has 2 N–H and O–H groups in total. The van der Waals surface area contributed by atoms with Crippen molar-refractivity contribution in [3.63, 3.8) is 0 Å². The Morgan fingerprint density at radius 1 is 0.235 bits per heavy atom. The summed E-state index contributed by atoms with van der Waals surface area (Å²) in [6.07, 6.45) is 0. The molecule has 0 bridgehead atoms. The van der Waals surface area contributed by atoms with Crippen molar-refractivity contribution >= 4 is 111 Å². The molecule has 0 saturated carbocycles. The Kier molecular flexibility index (Phi) is 18.2. The van der Waals surface area contributed by atoms with E-state index in [0.29, 0.717) is 40.0 Å². The topological polar surface area (TPSA) is 118 Å². The number of benzene rings is 16. The maximum Gasteiger partial charge on any atom is 0.164 e. The zero-order valence-corrected chi connectivity index (χ0v) is 57.5. The molecule has 0 fully saturated rings. The Labute approximate surface area is 598 Å².